The Kier molecular flexibility index (Phi) is 6.72. The summed E-state index contributed by atoms with van der Waals surface area (Å²) in [5.41, 5.74) is -2.60. The van der Waals surface area contributed by atoms with Gasteiger partial charge in [0.25, 0.3) is 0 Å². The highest BCUT2D eigenvalue weighted by Gasteiger charge is 2.43. The minimum Gasteiger partial charge on any atom is -0.376 e. The Morgan fingerprint density at radius 3 is 2.59 bits per heavy atom. The Morgan fingerprint density at radius 2 is 1.95 bits per heavy atom. The smallest absolute Gasteiger partial charge is 0.376 e. The number of hydrogen-bond donors (Lipinski definition) is 1. The first-order valence-corrected chi connectivity index (χ1v) is 11.9. The lowest BCUT2D eigenvalue weighted by Crippen LogP contribution is -2.49. The predicted molar refractivity (Wildman–Crippen MR) is 126 cm³/mol. The Bertz CT molecular complexity index is 1450. The molecule has 0 saturated carbocycles. The maximum Gasteiger partial charge on any atom is 0.493 e. The second-order valence-electron chi connectivity index (χ2n) is 8.61. The summed E-state index contributed by atoms with van der Waals surface area (Å²) >= 11 is 6.46. The molecule has 3 aromatic rings. The molecule has 198 valence electrons. The largest absolute Gasteiger partial charge is 0.493 e. The van der Waals surface area contributed by atoms with Crippen LogP contribution in [0.5, 0.6) is 0 Å². The number of para-hydroxylation sites is 1. The zero-order valence-electron chi connectivity index (χ0n) is 19.3. The molecular formula is C22H22ClF3N6O5. The minimum absolute atomic E-state index is 0.0849. The van der Waals surface area contributed by atoms with Gasteiger partial charge in [-0.25, -0.2) is 9.59 Å². The number of hydrogen-bond acceptors (Lipinski definition) is 8. The molecule has 0 aliphatic carbocycles. The molecule has 15 heteroatoms. The maximum atomic E-state index is 13.5. The summed E-state index contributed by atoms with van der Waals surface area (Å²) in [6.07, 6.45) is -4.57. The summed E-state index contributed by atoms with van der Waals surface area (Å²) in [5.74, 6) is -2.44. The summed E-state index contributed by atoms with van der Waals surface area (Å²) < 4.78 is 46.9. The van der Waals surface area contributed by atoms with E-state index in [1.165, 1.54) is 4.57 Å². The molecule has 5 rings (SSSR count). The first-order chi connectivity index (χ1) is 17.7. The number of alkyl halides is 3. The van der Waals surface area contributed by atoms with Crippen molar-refractivity contribution >= 4 is 34.7 Å². The second-order valence-corrected chi connectivity index (χ2v) is 9.02. The number of piperazine rings is 1. The number of anilines is 1. The molecule has 37 heavy (non-hydrogen) atoms. The molecule has 2 fully saturated rings. The van der Waals surface area contributed by atoms with Crippen LogP contribution < -0.4 is 26.3 Å². The van der Waals surface area contributed by atoms with Crippen LogP contribution in [0.2, 0.25) is 5.02 Å². The van der Waals surface area contributed by atoms with Gasteiger partial charge in [0.1, 0.15) is 0 Å². The van der Waals surface area contributed by atoms with Crippen molar-refractivity contribution in [2.24, 2.45) is 0 Å². The van der Waals surface area contributed by atoms with Crippen LogP contribution in [0.4, 0.5) is 19.1 Å². The van der Waals surface area contributed by atoms with Gasteiger partial charge in [-0.15, -0.1) is 0 Å². The molecule has 2 aliphatic heterocycles. The number of carbonyl (C=O) groups excluding carboxylic acids is 1. The van der Waals surface area contributed by atoms with Gasteiger partial charge in [-0.2, -0.15) is 18.2 Å². The van der Waals surface area contributed by atoms with Crippen molar-refractivity contribution < 1.29 is 27.5 Å². The molecule has 0 bridgehead atoms. The van der Waals surface area contributed by atoms with Crippen LogP contribution in [0.1, 0.15) is 12.8 Å². The van der Waals surface area contributed by atoms with Gasteiger partial charge in [-0.3, -0.25) is 13.9 Å². The summed E-state index contributed by atoms with van der Waals surface area (Å²) in [6, 6.07) is 6.52. The van der Waals surface area contributed by atoms with Crippen LogP contribution in [-0.4, -0.2) is 69.9 Å². The Hall–Kier alpha value is -3.36. The van der Waals surface area contributed by atoms with Gasteiger partial charge in [0, 0.05) is 32.8 Å². The Labute approximate surface area is 211 Å². The summed E-state index contributed by atoms with van der Waals surface area (Å²) in [5, 5.41) is 3.44. The fourth-order valence-electron chi connectivity index (χ4n) is 4.47. The number of imidazole rings is 1. The Morgan fingerprint density at radius 1 is 1.22 bits per heavy atom. The zero-order valence-corrected chi connectivity index (χ0v) is 20.1. The van der Waals surface area contributed by atoms with Crippen molar-refractivity contribution in [3.8, 4) is 5.69 Å². The number of ether oxygens (including phenoxy) is 1. The maximum absolute atomic E-state index is 13.5. The van der Waals surface area contributed by atoms with E-state index in [4.69, 9.17) is 16.3 Å². The first kappa shape index (κ1) is 25.3. The molecular weight excluding hydrogens is 521 g/mol. The van der Waals surface area contributed by atoms with Crippen molar-refractivity contribution in [3.63, 3.8) is 0 Å². The SMILES string of the molecule is O=C(On1c(=O)c2c(nc(N3CCNCC3)n2-c2ccccc2Cl)n(CC2CCCO2)c1=O)C(F)(F)F. The van der Waals surface area contributed by atoms with Crippen molar-refractivity contribution in [1.82, 2.24) is 24.2 Å². The summed E-state index contributed by atoms with van der Waals surface area (Å²) in [7, 11) is 0. The topological polar surface area (TPSA) is 113 Å². The third-order valence-electron chi connectivity index (χ3n) is 6.20. The standard InChI is InChI=1S/C22H22ClF3N6O5/c23-14-5-1-2-6-15(14)31-16-17(28-20(31)29-9-7-27-8-10-29)30(12-13-4-3-11-36-13)21(35)32(18(16)33)37-19(34)22(24,25)26/h1-2,5-6,13,27H,3-4,7-12H2. The van der Waals surface area contributed by atoms with Gasteiger partial charge in [0.15, 0.2) is 11.2 Å². The average molecular weight is 543 g/mol. The van der Waals surface area contributed by atoms with Crippen LogP contribution >= 0.6 is 11.6 Å². The fourth-order valence-corrected chi connectivity index (χ4v) is 4.69. The summed E-state index contributed by atoms with van der Waals surface area (Å²) in [4.78, 5) is 49.3. The average Bonchev–Trinajstić information content (AvgIpc) is 3.53. The van der Waals surface area contributed by atoms with Crippen LogP contribution in [0.3, 0.4) is 0 Å². The van der Waals surface area contributed by atoms with Crippen molar-refractivity contribution in [2.75, 3.05) is 37.7 Å². The highest BCUT2D eigenvalue weighted by atomic mass is 35.5. The number of rotatable bonds is 5. The third-order valence-corrected chi connectivity index (χ3v) is 6.52. The van der Waals surface area contributed by atoms with Gasteiger partial charge in [-0.1, -0.05) is 28.5 Å². The number of benzene rings is 1. The normalized spacial score (nSPS) is 18.5. The van der Waals surface area contributed by atoms with E-state index in [9.17, 15) is 27.6 Å². The molecule has 0 spiro atoms. The van der Waals surface area contributed by atoms with E-state index in [0.29, 0.717) is 44.9 Å². The van der Waals surface area contributed by atoms with E-state index in [0.717, 1.165) is 11.0 Å². The zero-order chi connectivity index (χ0) is 26.3. The molecule has 1 atom stereocenters. The van der Waals surface area contributed by atoms with E-state index in [-0.39, 0.29) is 33.4 Å². The van der Waals surface area contributed by atoms with Crippen molar-refractivity contribution in [2.45, 2.75) is 31.7 Å². The van der Waals surface area contributed by atoms with E-state index in [2.05, 4.69) is 15.1 Å². The predicted octanol–water partition coefficient (Wildman–Crippen LogP) is 1.11. The molecule has 2 saturated heterocycles. The molecule has 2 aliphatic rings. The second kappa shape index (κ2) is 9.84. The number of fused-ring (bicyclic) bond motifs is 1. The highest BCUT2D eigenvalue weighted by molar-refractivity contribution is 6.32. The first-order valence-electron chi connectivity index (χ1n) is 11.6. The van der Waals surface area contributed by atoms with E-state index >= 15 is 0 Å². The van der Waals surface area contributed by atoms with Gasteiger partial charge in [0.2, 0.25) is 5.95 Å². The van der Waals surface area contributed by atoms with Gasteiger partial charge >= 0.3 is 23.4 Å². The Balaban J connectivity index is 1.82. The molecule has 11 nitrogen and oxygen atoms in total. The highest BCUT2D eigenvalue weighted by Crippen LogP contribution is 2.30. The molecule has 4 heterocycles. The van der Waals surface area contributed by atoms with Gasteiger partial charge in [0.05, 0.1) is 23.4 Å². The van der Waals surface area contributed by atoms with E-state index in [1.807, 2.05) is 4.90 Å². The summed E-state index contributed by atoms with van der Waals surface area (Å²) in [6.45, 7) is 2.57. The molecule has 0 amide bonds. The van der Waals surface area contributed by atoms with Crippen molar-refractivity contribution in [3.05, 3.63) is 50.1 Å². The number of carbonyl (C=O) groups is 1. The molecule has 1 N–H and O–H groups in total. The number of nitrogens with zero attached hydrogens (tertiary/aromatic N) is 5. The monoisotopic (exact) mass is 542 g/mol. The van der Waals surface area contributed by atoms with E-state index < -0.39 is 29.5 Å². The van der Waals surface area contributed by atoms with Gasteiger partial charge < -0.3 is 19.8 Å². The van der Waals surface area contributed by atoms with Crippen LogP contribution in [-0.2, 0) is 16.1 Å². The fraction of sp³-hybridized carbons (Fsp3) is 0.455. The van der Waals surface area contributed by atoms with Gasteiger partial charge in [-0.05, 0) is 25.0 Å². The van der Waals surface area contributed by atoms with Crippen LogP contribution in [0.25, 0.3) is 16.9 Å². The van der Waals surface area contributed by atoms with Crippen molar-refractivity contribution in [1.29, 1.82) is 0 Å². The molecule has 1 unspecified atom stereocenters. The quantitative estimate of drug-likeness (QED) is 0.510. The molecule has 1 aromatic carbocycles. The molecule has 2 aromatic heterocycles. The lowest BCUT2D eigenvalue weighted by Gasteiger charge is -2.28. The lowest BCUT2D eigenvalue weighted by atomic mass is 10.2. The van der Waals surface area contributed by atoms with Crippen LogP contribution in [0.15, 0.2) is 33.9 Å². The van der Waals surface area contributed by atoms with E-state index in [1.54, 1.807) is 24.3 Å². The number of aromatic nitrogens is 4. The third kappa shape index (κ3) is 4.71. The van der Waals surface area contributed by atoms with Crippen LogP contribution in [0, 0.1) is 0 Å². The minimum atomic E-state index is -5.44. The molecule has 0 radical (unpaired) electrons. The number of nitrogens with one attached hydrogen (secondary N) is 1. The lowest BCUT2D eigenvalue weighted by molar-refractivity contribution is -0.200. The number of halogens is 4.